The molecule has 0 aliphatic carbocycles. The second-order valence-electron chi connectivity index (χ2n) is 5.63. The first kappa shape index (κ1) is 17.8. The molecule has 3 aromatic carbocycles. The fourth-order valence-corrected chi connectivity index (χ4v) is 2.60. The molecule has 3 aromatic rings. The first-order valence-corrected chi connectivity index (χ1v) is 8.47. The highest BCUT2D eigenvalue weighted by Gasteiger charge is 2.11. The summed E-state index contributed by atoms with van der Waals surface area (Å²) in [6.45, 7) is 0. The molecule has 5 heteroatoms. The van der Waals surface area contributed by atoms with Crippen molar-refractivity contribution in [2.75, 3.05) is 12.4 Å². The number of halogens is 1. The van der Waals surface area contributed by atoms with Gasteiger partial charge in [-0.15, -0.1) is 0 Å². The zero-order valence-electron chi connectivity index (χ0n) is 14.2. The Bertz CT molecular complexity index is 880. The van der Waals surface area contributed by atoms with Crippen LogP contribution in [0.3, 0.4) is 0 Å². The molecular weight excluding hydrogens is 350 g/mol. The zero-order valence-corrected chi connectivity index (χ0v) is 15.0. The van der Waals surface area contributed by atoms with Gasteiger partial charge in [-0.2, -0.15) is 0 Å². The molecule has 0 radical (unpaired) electrons. The van der Waals surface area contributed by atoms with E-state index in [9.17, 15) is 4.79 Å². The normalized spacial score (nSPS) is 10.2. The molecule has 0 saturated carbocycles. The first-order chi connectivity index (χ1) is 12.6. The number of carbonyl (C=O) groups is 1. The van der Waals surface area contributed by atoms with E-state index in [2.05, 4.69) is 5.32 Å². The van der Waals surface area contributed by atoms with Gasteiger partial charge in [-0.1, -0.05) is 41.9 Å². The first-order valence-electron chi connectivity index (χ1n) is 8.09. The van der Waals surface area contributed by atoms with Gasteiger partial charge in [0, 0.05) is 5.02 Å². The van der Waals surface area contributed by atoms with Gasteiger partial charge in [0.1, 0.15) is 11.5 Å². The molecule has 0 atom stereocenters. The van der Waals surface area contributed by atoms with Gasteiger partial charge in [0.25, 0.3) is 0 Å². The van der Waals surface area contributed by atoms with E-state index in [0.717, 1.165) is 11.3 Å². The largest absolute Gasteiger partial charge is 0.497 e. The van der Waals surface area contributed by atoms with Crippen LogP contribution in [0.25, 0.3) is 0 Å². The number of nitrogens with one attached hydrogen (secondary N) is 1. The summed E-state index contributed by atoms with van der Waals surface area (Å²) in [6.07, 6.45) is 0.237. The highest BCUT2D eigenvalue weighted by atomic mass is 35.5. The summed E-state index contributed by atoms with van der Waals surface area (Å²) >= 11 is 6.08. The molecule has 1 N–H and O–H groups in total. The van der Waals surface area contributed by atoms with E-state index in [-0.39, 0.29) is 12.3 Å². The summed E-state index contributed by atoms with van der Waals surface area (Å²) < 4.78 is 11.0. The lowest BCUT2D eigenvalue weighted by Crippen LogP contribution is -2.15. The van der Waals surface area contributed by atoms with Crippen LogP contribution in [0.2, 0.25) is 5.02 Å². The highest BCUT2D eigenvalue weighted by molar-refractivity contribution is 6.31. The van der Waals surface area contributed by atoms with E-state index in [1.807, 2.05) is 54.6 Å². The number of hydrogen-bond acceptors (Lipinski definition) is 3. The molecule has 0 aromatic heterocycles. The van der Waals surface area contributed by atoms with Gasteiger partial charge in [-0.05, 0) is 48.0 Å². The molecule has 0 spiro atoms. The summed E-state index contributed by atoms with van der Waals surface area (Å²) in [5, 5.41) is 3.39. The summed E-state index contributed by atoms with van der Waals surface area (Å²) in [6, 6.07) is 21.9. The second-order valence-corrected chi connectivity index (χ2v) is 6.07. The maximum Gasteiger partial charge on any atom is 0.228 e. The van der Waals surface area contributed by atoms with E-state index < -0.39 is 0 Å². The fourth-order valence-electron chi connectivity index (χ4n) is 2.43. The van der Waals surface area contributed by atoms with E-state index in [4.69, 9.17) is 21.1 Å². The lowest BCUT2D eigenvalue weighted by Gasteiger charge is -2.13. The number of para-hydroxylation sites is 1. The number of benzene rings is 3. The van der Waals surface area contributed by atoms with Crippen LogP contribution < -0.4 is 14.8 Å². The molecule has 3 rings (SSSR count). The summed E-state index contributed by atoms with van der Waals surface area (Å²) in [4.78, 5) is 12.4. The quantitative estimate of drug-likeness (QED) is 0.641. The number of methoxy groups -OCH3 is 1. The summed E-state index contributed by atoms with van der Waals surface area (Å²) in [5.41, 5.74) is 1.41. The Hall–Kier alpha value is -2.98. The molecule has 132 valence electrons. The van der Waals surface area contributed by atoms with E-state index >= 15 is 0 Å². The summed E-state index contributed by atoms with van der Waals surface area (Å²) in [7, 11) is 1.61. The fraction of sp³-hybridized carbons (Fsp3) is 0.0952. The Morgan fingerprint density at radius 2 is 1.69 bits per heavy atom. The smallest absolute Gasteiger partial charge is 0.228 e. The third kappa shape index (κ3) is 4.77. The SMILES string of the molecule is COc1ccc(CC(=O)Nc2cc(Cl)ccc2Oc2ccccc2)cc1. The molecule has 4 nitrogen and oxygen atoms in total. The average Bonchev–Trinajstić information content (AvgIpc) is 2.65. The van der Waals surface area contributed by atoms with Crippen LogP contribution in [0.5, 0.6) is 17.2 Å². The Morgan fingerprint density at radius 3 is 2.38 bits per heavy atom. The van der Waals surface area contributed by atoms with Gasteiger partial charge in [-0.25, -0.2) is 0 Å². The van der Waals surface area contributed by atoms with Crippen LogP contribution in [-0.2, 0) is 11.2 Å². The standard InChI is InChI=1S/C21H18ClNO3/c1-25-17-10-7-15(8-11-17)13-21(24)23-19-14-16(22)9-12-20(19)26-18-5-3-2-4-6-18/h2-12,14H,13H2,1H3,(H,23,24). The van der Waals surface area contributed by atoms with Gasteiger partial charge < -0.3 is 14.8 Å². The maximum absolute atomic E-state index is 12.4. The molecule has 0 bridgehead atoms. The maximum atomic E-state index is 12.4. The molecule has 0 aliphatic rings. The van der Waals surface area contributed by atoms with Crippen molar-refractivity contribution in [3.8, 4) is 17.2 Å². The van der Waals surface area contributed by atoms with Gasteiger partial charge in [-0.3, -0.25) is 4.79 Å². The van der Waals surface area contributed by atoms with Crippen LogP contribution in [-0.4, -0.2) is 13.0 Å². The van der Waals surface area contributed by atoms with Crippen LogP contribution >= 0.6 is 11.6 Å². The van der Waals surface area contributed by atoms with Crippen LogP contribution in [0.4, 0.5) is 5.69 Å². The lowest BCUT2D eigenvalue weighted by molar-refractivity contribution is -0.115. The lowest BCUT2D eigenvalue weighted by atomic mass is 10.1. The van der Waals surface area contributed by atoms with Crippen molar-refractivity contribution in [2.45, 2.75) is 6.42 Å². The van der Waals surface area contributed by atoms with Crippen LogP contribution in [0, 0.1) is 0 Å². The molecule has 26 heavy (non-hydrogen) atoms. The minimum atomic E-state index is -0.157. The third-order valence-corrected chi connectivity index (χ3v) is 3.95. The van der Waals surface area contributed by atoms with Gasteiger partial charge in [0.15, 0.2) is 5.75 Å². The topological polar surface area (TPSA) is 47.6 Å². The number of amides is 1. The molecular formula is C21H18ClNO3. The Balaban J connectivity index is 1.73. The predicted molar refractivity (Wildman–Crippen MR) is 103 cm³/mol. The number of carbonyl (C=O) groups excluding carboxylic acids is 1. The minimum absolute atomic E-state index is 0.157. The van der Waals surface area contributed by atoms with Gasteiger partial charge >= 0.3 is 0 Å². The van der Waals surface area contributed by atoms with E-state index in [0.29, 0.717) is 22.2 Å². The Morgan fingerprint density at radius 1 is 0.962 bits per heavy atom. The van der Waals surface area contributed by atoms with E-state index in [1.54, 1.807) is 25.3 Å². The van der Waals surface area contributed by atoms with Crippen molar-refractivity contribution in [3.63, 3.8) is 0 Å². The third-order valence-electron chi connectivity index (χ3n) is 3.71. The second kappa shape index (κ2) is 8.41. The molecule has 0 saturated heterocycles. The van der Waals surface area contributed by atoms with Crippen LogP contribution in [0.15, 0.2) is 72.8 Å². The minimum Gasteiger partial charge on any atom is -0.497 e. The average molecular weight is 368 g/mol. The highest BCUT2D eigenvalue weighted by Crippen LogP contribution is 2.32. The monoisotopic (exact) mass is 367 g/mol. The number of rotatable bonds is 6. The van der Waals surface area contributed by atoms with Crippen molar-refractivity contribution in [2.24, 2.45) is 0 Å². The van der Waals surface area contributed by atoms with Crippen molar-refractivity contribution in [3.05, 3.63) is 83.4 Å². The number of hydrogen-bond donors (Lipinski definition) is 1. The van der Waals surface area contributed by atoms with Gasteiger partial charge in [0.2, 0.25) is 5.91 Å². The number of ether oxygens (including phenoxy) is 2. The molecule has 0 heterocycles. The van der Waals surface area contributed by atoms with E-state index in [1.165, 1.54) is 0 Å². The Labute approximate surface area is 157 Å². The number of anilines is 1. The van der Waals surface area contributed by atoms with Crippen LogP contribution in [0.1, 0.15) is 5.56 Å². The van der Waals surface area contributed by atoms with Crippen molar-refractivity contribution in [1.82, 2.24) is 0 Å². The molecule has 0 unspecified atom stereocenters. The van der Waals surface area contributed by atoms with Crippen molar-refractivity contribution >= 4 is 23.2 Å². The Kier molecular flexibility index (Phi) is 5.77. The molecule has 0 fully saturated rings. The predicted octanol–water partition coefficient (Wildman–Crippen LogP) is 5.32. The molecule has 0 aliphatic heterocycles. The zero-order chi connectivity index (χ0) is 18.4. The molecule has 1 amide bonds. The van der Waals surface area contributed by atoms with Crippen molar-refractivity contribution in [1.29, 1.82) is 0 Å². The van der Waals surface area contributed by atoms with Crippen molar-refractivity contribution < 1.29 is 14.3 Å². The summed E-state index contributed by atoms with van der Waals surface area (Å²) in [5.74, 6) is 1.81. The van der Waals surface area contributed by atoms with Gasteiger partial charge in [0.05, 0.1) is 19.2 Å².